The van der Waals surface area contributed by atoms with Crippen LogP contribution in [0, 0.1) is 11.6 Å². The Morgan fingerprint density at radius 2 is 1.50 bits per heavy atom. The quantitative estimate of drug-likeness (QED) is 0.668. The number of nitrogen functional groups attached to an aromatic ring is 2. The molecule has 2 rings (SSSR count). The molecule has 0 aliphatic carbocycles. The van der Waals surface area contributed by atoms with E-state index in [4.69, 9.17) is 16.2 Å². The molecule has 0 amide bonds. The maximum absolute atomic E-state index is 13.0. The van der Waals surface area contributed by atoms with Crippen LogP contribution in [0.5, 0.6) is 0 Å². The maximum Gasteiger partial charge on any atom is 0.338 e. The Hall–Kier alpha value is -2.63. The third kappa shape index (κ3) is 3.44. The number of benzene rings is 2. The molecule has 0 spiro atoms. The lowest BCUT2D eigenvalue weighted by Gasteiger charge is -2.07. The van der Waals surface area contributed by atoms with E-state index >= 15 is 0 Å². The van der Waals surface area contributed by atoms with E-state index in [1.807, 2.05) is 0 Å². The van der Waals surface area contributed by atoms with Crippen molar-refractivity contribution in [2.75, 3.05) is 11.5 Å². The molecule has 20 heavy (non-hydrogen) atoms. The lowest BCUT2D eigenvalue weighted by Crippen LogP contribution is -2.07. The van der Waals surface area contributed by atoms with Crippen LogP contribution >= 0.6 is 0 Å². The SMILES string of the molecule is Nc1cc(N)cc(C(=O)OCc2cc(F)cc(F)c2)c1. The topological polar surface area (TPSA) is 78.3 Å². The van der Waals surface area contributed by atoms with Crippen molar-refractivity contribution in [3.8, 4) is 0 Å². The molecule has 104 valence electrons. The van der Waals surface area contributed by atoms with Crippen LogP contribution in [0.4, 0.5) is 20.2 Å². The Bertz CT molecular complexity index is 619. The summed E-state index contributed by atoms with van der Waals surface area (Å²) in [7, 11) is 0. The van der Waals surface area contributed by atoms with Gasteiger partial charge < -0.3 is 16.2 Å². The molecule has 0 radical (unpaired) electrons. The average molecular weight is 278 g/mol. The number of rotatable bonds is 3. The number of halogens is 2. The molecule has 6 heteroatoms. The second-order valence-corrected chi connectivity index (χ2v) is 4.24. The molecular formula is C14H12F2N2O2. The summed E-state index contributed by atoms with van der Waals surface area (Å²) in [5, 5.41) is 0. The first-order chi connectivity index (χ1) is 9.44. The highest BCUT2D eigenvalue weighted by Crippen LogP contribution is 2.16. The number of ether oxygens (including phenoxy) is 1. The molecule has 0 aromatic heterocycles. The van der Waals surface area contributed by atoms with Gasteiger partial charge in [0.2, 0.25) is 0 Å². The zero-order chi connectivity index (χ0) is 14.7. The molecule has 0 saturated heterocycles. The molecule has 0 bridgehead atoms. The van der Waals surface area contributed by atoms with Gasteiger partial charge in [-0.2, -0.15) is 0 Å². The van der Waals surface area contributed by atoms with E-state index < -0.39 is 17.6 Å². The third-order valence-electron chi connectivity index (χ3n) is 2.51. The fraction of sp³-hybridized carbons (Fsp3) is 0.0714. The zero-order valence-electron chi connectivity index (χ0n) is 10.4. The highest BCUT2D eigenvalue weighted by atomic mass is 19.1. The first kappa shape index (κ1) is 13.8. The van der Waals surface area contributed by atoms with Crippen molar-refractivity contribution in [2.45, 2.75) is 6.61 Å². The van der Waals surface area contributed by atoms with Crippen LogP contribution in [0.3, 0.4) is 0 Å². The lowest BCUT2D eigenvalue weighted by atomic mass is 10.2. The second kappa shape index (κ2) is 5.56. The Balaban J connectivity index is 2.08. The molecular weight excluding hydrogens is 266 g/mol. The van der Waals surface area contributed by atoms with Gasteiger partial charge >= 0.3 is 5.97 Å². The smallest absolute Gasteiger partial charge is 0.338 e. The summed E-state index contributed by atoms with van der Waals surface area (Å²) in [5.74, 6) is -2.14. The van der Waals surface area contributed by atoms with Gasteiger partial charge in [0.25, 0.3) is 0 Å². The highest BCUT2D eigenvalue weighted by molar-refractivity contribution is 5.91. The number of carbonyl (C=O) groups is 1. The van der Waals surface area contributed by atoms with Crippen LogP contribution in [0.1, 0.15) is 15.9 Å². The molecule has 0 aliphatic rings. The minimum Gasteiger partial charge on any atom is -0.457 e. The van der Waals surface area contributed by atoms with E-state index in [0.29, 0.717) is 11.4 Å². The molecule has 0 atom stereocenters. The van der Waals surface area contributed by atoms with Crippen LogP contribution in [0.25, 0.3) is 0 Å². The summed E-state index contributed by atoms with van der Waals surface area (Å²) in [5.41, 5.74) is 12.2. The predicted molar refractivity (Wildman–Crippen MR) is 70.7 cm³/mol. The minimum absolute atomic E-state index is 0.180. The predicted octanol–water partition coefficient (Wildman–Crippen LogP) is 2.49. The van der Waals surface area contributed by atoms with Crippen molar-refractivity contribution in [2.24, 2.45) is 0 Å². The molecule has 0 saturated carbocycles. The second-order valence-electron chi connectivity index (χ2n) is 4.24. The van der Waals surface area contributed by atoms with Gasteiger partial charge in [-0.25, -0.2) is 13.6 Å². The van der Waals surface area contributed by atoms with Crippen molar-refractivity contribution in [1.82, 2.24) is 0 Å². The fourth-order valence-electron chi connectivity index (χ4n) is 1.72. The maximum atomic E-state index is 13.0. The Labute approximate surface area is 114 Å². The van der Waals surface area contributed by atoms with Gasteiger partial charge in [0.15, 0.2) is 0 Å². The molecule has 0 unspecified atom stereocenters. The van der Waals surface area contributed by atoms with Gasteiger partial charge in [-0.15, -0.1) is 0 Å². The number of carbonyl (C=O) groups excluding carboxylic acids is 1. The minimum atomic E-state index is -0.732. The number of nitrogens with two attached hydrogens (primary N) is 2. The van der Waals surface area contributed by atoms with E-state index in [9.17, 15) is 13.6 Å². The molecule has 2 aromatic carbocycles. The Morgan fingerprint density at radius 3 is 2.05 bits per heavy atom. The Kier molecular flexibility index (Phi) is 3.84. The molecule has 2 aromatic rings. The van der Waals surface area contributed by atoms with Crippen LogP contribution in [-0.2, 0) is 11.3 Å². The van der Waals surface area contributed by atoms with E-state index in [1.165, 1.54) is 18.2 Å². The van der Waals surface area contributed by atoms with Crippen molar-refractivity contribution in [1.29, 1.82) is 0 Å². The van der Waals surface area contributed by atoms with Crippen molar-refractivity contribution < 1.29 is 18.3 Å². The molecule has 0 heterocycles. The lowest BCUT2D eigenvalue weighted by molar-refractivity contribution is 0.0472. The van der Waals surface area contributed by atoms with Crippen LogP contribution in [-0.4, -0.2) is 5.97 Å². The van der Waals surface area contributed by atoms with E-state index in [0.717, 1.165) is 18.2 Å². The van der Waals surface area contributed by atoms with E-state index in [-0.39, 0.29) is 17.7 Å². The zero-order valence-corrected chi connectivity index (χ0v) is 10.4. The summed E-state index contributed by atoms with van der Waals surface area (Å²) in [6, 6.07) is 7.23. The van der Waals surface area contributed by atoms with Crippen molar-refractivity contribution >= 4 is 17.3 Å². The van der Waals surface area contributed by atoms with Gasteiger partial charge in [-0.05, 0) is 35.9 Å². The van der Waals surface area contributed by atoms with Crippen molar-refractivity contribution in [3.63, 3.8) is 0 Å². The Morgan fingerprint density at radius 1 is 0.950 bits per heavy atom. The van der Waals surface area contributed by atoms with Crippen LogP contribution in [0.15, 0.2) is 36.4 Å². The number of hydrogen-bond donors (Lipinski definition) is 2. The molecule has 4 N–H and O–H groups in total. The summed E-state index contributed by atoms with van der Waals surface area (Å²) < 4.78 is 30.9. The summed E-state index contributed by atoms with van der Waals surface area (Å²) >= 11 is 0. The van der Waals surface area contributed by atoms with E-state index in [2.05, 4.69) is 0 Å². The number of anilines is 2. The molecule has 0 fully saturated rings. The molecule has 0 aliphatic heterocycles. The largest absolute Gasteiger partial charge is 0.457 e. The number of esters is 1. The standard InChI is InChI=1S/C14H12F2N2O2/c15-10-1-8(2-11(16)5-10)7-20-14(19)9-3-12(17)6-13(18)4-9/h1-6H,7,17-18H2. The van der Waals surface area contributed by atoms with Gasteiger partial charge in [-0.1, -0.05) is 0 Å². The van der Waals surface area contributed by atoms with Gasteiger partial charge in [0.1, 0.15) is 18.2 Å². The van der Waals surface area contributed by atoms with Crippen LogP contribution in [0.2, 0.25) is 0 Å². The fourth-order valence-corrected chi connectivity index (χ4v) is 1.72. The normalized spacial score (nSPS) is 10.3. The summed E-state index contributed by atoms with van der Waals surface area (Å²) in [6.45, 7) is -0.248. The van der Waals surface area contributed by atoms with Gasteiger partial charge in [0, 0.05) is 17.4 Å². The monoisotopic (exact) mass is 278 g/mol. The first-order valence-corrected chi connectivity index (χ1v) is 5.72. The average Bonchev–Trinajstić information content (AvgIpc) is 2.33. The third-order valence-corrected chi connectivity index (χ3v) is 2.51. The summed E-state index contributed by atoms with van der Waals surface area (Å²) in [6.07, 6.45) is 0. The van der Waals surface area contributed by atoms with Crippen molar-refractivity contribution in [3.05, 3.63) is 59.2 Å². The first-order valence-electron chi connectivity index (χ1n) is 5.72. The number of hydrogen-bond acceptors (Lipinski definition) is 4. The van der Waals surface area contributed by atoms with Gasteiger partial charge in [0.05, 0.1) is 5.56 Å². The van der Waals surface area contributed by atoms with Gasteiger partial charge in [-0.3, -0.25) is 0 Å². The molecule has 4 nitrogen and oxygen atoms in total. The summed E-state index contributed by atoms with van der Waals surface area (Å²) in [4.78, 5) is 11.8. The van der Waals surface area contributed by atoms with E-state index in [1.54, 1.807) is 0 Å². The van der Waals surface area contributed by atoms with Crippen LogP contribution < -0.4 is 11.5 Å². The highest BCUT2D eigenvalue weighted by Gasteiger charge is 2.10.